The summed E-state index contributed by atoms with van der Waals surface area (Å²) in [6.07, 6.45) is 3.33. The van der Waals surface area contributed by atoms with Crippen LogP contribution in [0.1, 0.15) is 31.5 Å². The van der Waals surface area contributed by atoms with Gasteiger partial charge in [-0.25, -0.2) is 9.67 Å². The molecule has 3 aromatic rings. The molecule has 3 heterocycles. The molecule has 1 aliphatic rings. The third-order valence-corrected chi connectivity index (χ3v) is 5.26. The maximum atomic E-state index is 12.2. The van der Waals surface area contributed by atoms with Crippen molar-refractivity contribution in [1.29, 1.82) is 0 Å². The van der Waals surface area contributed by atoms with E-state index in [0.717, 1.165) is 41.1 Å². The fraction of sp³-hybridized carbons (Fsp3) is 0.450. The first-order chi connectivity index (χ1) is 13.2. The smallest absolute Gasteiger partial charge is 0.222 e. The molecule has 1 atom stereocenters. The predicted molar refractivity (Wildman–Crippen MR) is 103 cm³/mol. The molecule has 2 aromatic heterocycles. The van der Waals surface area contributed by atoms with Crippen molar-refractivity contribution in [2.24, 2.45) is 0 Å². The highest BCUT2D eigenvalue weighted by atomic mass is 16.5. The van der Waals surface area contributed by atoms with E-state index in [2.05, 4.69) is 24.0 Å². The number of para-hydroxylation sites is 1. The van der Waals surface area contributed by atoms with Gasteiger partial charge in [0.15, 0.2) is 5.82 Å². The van der Waals surface area contributed by atoms with Crippen LogP contribution in [0, 0.1) is 0 Å². The first-order valence-electron chi connectivity index (χ1n) is 9.49. The van der Waals surface area contributed by atoms with Gasteiger partial charge in [-0.1, -0.05) is 18.2 Å². The first kappa shape index (κ1) is 17.7. The van der Waals surface area contributed by atoms with Gasteiger partial charge in [0.05, 0.1) is 6.61 Å². The quantitative estimate of drug-likeness (QED) is 0.727. The molecule has 0 saturated carbocycles. The Morgan fingerprint density at radius 3 is 3.00 bits per heavy atom. The number of aromatic nitrogens is 4. The Balaban J connectivity index is 1.65. The van der Waals surface area contributed by atoms with E-state index >= 15 is 0 Å². The van der Waals surface area contributed by atoms with E-state index in [1.165, 1.54) is 0 Å². The van der Waals surface area contributed by atoms with Gasteiger partial charge in [-0.3, -0.25) is 4.79 Å². The van der Waals surface area contributed by atoms with Crippen LogP contribution in [0.2, 0.25) is 0 Å². The summed E-state index contributed by atoms with van der Waals surface area (Å²) in [7, 11) is 1.66. The number of methoxy groups -OCH3 is 1. The Kier molecular flexibility index (Phi) is 4.94. The number of nitrogens with one attached hydrogen (secondary N) is 1. The zero-order chi connectivity index (χ0) is 18.8. The highest BCUT2D eigenvalue weighted by molar-refractivity contribution is 5.93. The molecule has 1 unspecified atom stereocenters. The van der Waals surface area contributed by atoms with Crippen molar-refractivity contribution in [3.63, 3.8) is 0 Å². The third-order valence-electron chi connectivity index (χ3n) is 5.26. The van der Waals surface area contributed by atoms with Gasteiger partial charge in [0.25, 0.3) is 0 Å². The van der Waals surface area contributed by atoms with E-state index < -0.39 is 0 Å². The van der Waals surface area contributed by atoms with Crippen molar-refractivity contribution in [3.05, 3.63) is 36.3 Å². The van der Waals surface area contributed by atoms with Gasteiger partial charge < -0.3 is 14.6 Å². The molecule has 27 heavy (non-hydrogen) atoms. The van der Waals surface area contributed by atoms with Crippen LogP contribution in [0.3, 0.4) is 0 Å². The topological polar surface area (TPSA) is 76.0 Å². The van der Waals surface area contributed by atoms with Gasteiger partial charge in [-0.05, 0) is 19.4 Å². The van der Waals surface area contributed by atoms with Gasteiger partial charge in [0.1, 0.15) is 5.82 Å². The minimum Gasteiger partial charge on any atom is -0.383 e. The van der Waals surface area contributed by atoms with Crippen LogP contribution in [0.25, 0.3) is 22.3 Å². The Labute approximate surface area is 158 Å². The minimum absolute atomic E-state index is 0.197. The van der Waals surface area contributed by atoms with Gasteiger partial charge in [0.2, 0.25) is 5.91 Å². The van der Waals surface area contributed by atoms with Gasteiger partial charge in [-0.15, -0.1) is 0 Å². The van der Waals surface area contributed by atoms with E-state index in [0.29, 0.717) is 26.1 Å². The van der Waals surface area contributed by atoms with Crippen molar-refractivity contribution < 1.29 is 9.53 Å². The summed E-state index contributed by atoms with van der Waals surface area (Å²) in [6.45, 7) is 4.69. The number of H-pyrrole nitrogens is 1. The standard InChI is InChI=1S/C20H25N5O2/c1-3-25-20(14-8-9-18(26)24(13-14)10-11-27-2)22-19(23-25)16-12-21-17-7-5-4-6-15(16)17/h4-7,12,14,21H,3,8-11,13H2,1-2H3. The average molecular weight is 367 g/mol. The lowest BCUT2D eigenvalue weighted by Gasteiger charge is -2.32. The van der Waals surface area contributed by atoms with E-state index in [9.17, 15) is 4.79 Å². The lowest BCUT2D eigenvalue weighted by Crippen LogP contribution is -2.41. The van der Waals surface area contributed by atoms with Crippen LogP contribution >= 0.6 is 0 Å². The molecule has 1 N–H and O–H groups in total. The second-order valence-corrected chi connectivity index (χ2v) is 6.93. The molecule has 4 rings (SSSR count). The molecule has 1 aliphatic heterocycles. The highest BCUT2D eigenvalue weighted by Crippen LogP contribution is 2.30. The summed E-state index contributed by atoms with van der Waals surface area (Å²) in [4.78, 5) is 22.3. The van der Waals surface area contributed by atoms with Crippen LogP contribution in [0.15, 0.2) is 30.5 Å². The molecular weight excluding hydrogens is 342 g/mol. The number of carbonyl (C=O) groups is 1. The summed E-state index contributed by atoms with van der Waals surface area (Å²) < 4.78 is 7.12. The number of ether oxygens (including phenoxy) is 1. The zero-order valence-electron chi connectivity index (χ0n) is 15.8. The summed E-state index contributed by atoms with van der Waals surface area (Å²) >= 11 is 0. The molecule has 142 valence electrons. The molecular formula is C20H25N5O2. The second-order valence-electron chi connectivity index (χ2n) is 6.93. The van der Waals surface area contributed by atoms with Gasteiger partial charge in [0, 0.05) is 61.7 Å². The van der Waals surface area contributed by atoms with Crippen molar-refractivity contribution in [2.75, 3.05) is 26.8 Å². The van der Waals surface area contributed by atoms with E-state index in [1.807, 2.05) is 27.9 Å². The van der Waals surface area contributed by atoms with E-state index in [1.54, 1.807) is 7.11 Å². The number of nitrogens with zero attached hydrogens (tertiary/aromatic N) is 4. The molecule has 0 bridgehead atoms. The molecule has 1 amide bonds. The molecule has 0 aliphatic carbocycles. The fourth-order valence-corrected chi connectivity index (χ4v) is 3.80. The monoisotopic (exact) mass is 367 g/mol. The minimum atomic E-state index is 0.197. The maximum Gasteiger partial charge on any atom is 0.222 e. The molecule has 7 nitrogen and oxygen atoms in total. The summed E-state index contributed by atoms with van der Waals surface area (Å²) in [5.41, 5.74) is 2.10. The number of carbonyl (C=O) groups excluding carboxylic acids is 1. The number of amides is 1. The summed E-state index contributed by atoms with van der Waals surface area (Å²) in [6, 6.07) is 8.17. The third kappa shape index (κ3) is 3.35. The Morgan fingerprint density at radius 2 is 2.19 bits per heavy atom. The normalized spacial score (nSPS) is 17.8. The van der Waals surface area contributed by atoms with Crippen molar-refractivity contribution in [2.45, 2.75) is 32.2 Å². The average Bonchev–Trinajstić information content (AvgIpc) is 3.31. The van der Waals surface area contributed by atoms with Crippen LogP contribution in [0.4, 0.5) is 0 Å². The number of piperidine rings is 1. The van der Waals surface area contributed by atoms with Gasteiger partial charge >= 0.3 is 0 Å². The van der Waals surface area contributed by atoms with E-state index in [-0.39, 0.29) is 11.8 Å². The van der Waals surface area contributed by atoms with E-state index in [4.69, 9.17) is 14.8 Å². The number of hydrogen-bond acceptors (Lipinski definition) is 4. The Hall–Kier alpha value is -2.67. The van der Waals surface area contributed by atoms with Crippen molar-refractivity contribution >= 4 is 16.8 Å². The number of aromatic amines is 1. The highest BCUT2D eigenvalue weighted by Gasteiger charge is 2.30. The molecule has 0 radical (unpaired) electrons. The number of hydrogen-bond donors (Lipinski definition) is 1. The summed E-state index contributed by atoms with van der Waals surface area (Å²) in [5, 5.41) is 5.88. The van der Waals surface area contributed by atoms with Crippen LogP contribution < -0.4 is 0 Å². The van der Waals surface area contributed by atoms with Crippen LogP contribution in [-0.2, 0) is 16.1 Å². The Bertz CT molecular complexity index is 945. The number of fused-ring (bicyclic) bond motifs is 1. The molecule has 1 fully saturated rings. The lowest BCUT2D eigenvalue weighted by atomic mass is 9.96. The predicted octanol–water partition coefficient (Wildman–Crippen LogP) is 2.80. The molecule has 1 saturated heterocycles. The van der Waals surface area contributed by atoms with Crippen LogP contribution in [-0.4, -0.2) is 57.4 Å². The fourth-order valence-electron chi connectivity index (χ4n) is 3.80. The molecule has 0 spiro atoms. The molecule has 7 heteroatoms. The zero-order valence-corrected chi connectivity index (χ0v) is 15.8. The van der Waals surface area contributed by atoms with Crippen molar-refractivity contribution in [1.82, 2.24) is 24.6 Å². The largest absolute Gasteiger partial charge is 0.383 e. The maximum absolute atomic E-state index is 12.2. The summed E-state index contributed by atoms with van der Waals surface area (Å²) in [5.74, 6) is 2.10. The number of aryl methyl sites for hydroxylation is 1. The first-order valence-corrected chi connectivity index (χ1v) is 9.49. The SMILES string of the molecule is CCn1nc(-c2c[nH]c3ccccc23)nc1C1CCC(=O)N(CCOC)C1. The van der Waals surface area contributed by atoms with Gasteiger partial charge in [-0.2, -0.15) is 5.10 Å². The Morgan fingerprint density at radius 1 is 1.33 bits per heavy atom. The molecule has 1 aromatic carbocycles. The van der Waals surface area contributed by atoms with Crippen LogP contribution in [0.5, 0.6) is 0 Å². The second kappa shape index (κ2) is 7.52. The number of rotatable bonds is 6. The number of benzene rings is 1. The lowest BCUT2D eigenvalue weighted by molar-refractivity contribution is -0.134. The number of likely N-dealkylation sites (tertiary alicyclic amines) is 1. The van der Waals surface area contributed by atoms with Crippen molar-refractivity contribution in [3.8, 4) is 11.4 Å².